The molecule has 2 amide bonds. The number of hydrogen-bond acceptors (Lipinski definition) is 9. The standard InChI is InChI=1S/C27H39N7O5/c1-26(2,3)39-25(37)34-15-14-31(16-19(34)6-10-28)22-20-7-13-32(24(35)36)17-21(20)29-23(30-22)38-18-27-8-4-11-33(27)12-5-9-27/h19H,4-9,11-18H2,1-3H3,(H,35,36)/t19-/m0/s1. The molecule has 0 aliphatic carbocycles. The van der Waals surface area contributed by atoms with E-state index in [2.05, 4.69) is 15.9 Å². The van der Waals surface area contributed by atoms with Gasteiger partial charge in [0.1, 0.15) is 18.0 Å². The summed E-state index contributed by atoms with van der Waals surface area (Å²) in [6.45, 7) is 10.0. The Morgan fingerprint density at radius 3 is 2.54 bits per heavy atom. The monoisotopic (exact) mass is 541 g/mol. The Hall–Kier alpha value is -3.33. The van der Waals surface area contributed by atoms with Crippen molar-refractivity contribution in [2.75, 3.05) is 50.8 Å². The predicted molar refractivity (Wildman–Crippen MR) is 142 cm³/mol. The van der Waals surface area contributed by atoms with Gasteiger partial charge in [-0.2, -0.15) is 15.2 Å². The number of fused-ring (bicyclic) bond motifs is 2. The van der Waals surface area contributed by atoms with Gasteiger partial charge in [0.25, 0.3) is 0 Å². The summed E-state index contributed by atoms with van der Waals surface area (Å²) in [5.74, 6) is 0.707. The summed E-state index contributed by atoms with van der Waals surface area (Å²) < 4.78 is 11.9. The number of nitrogens with zero attached hydrogens (tertiary/aromatic N) is 7. The fourth-order valence-corrected chi connectivity index (χ4v) is 6.43. The molecule has 39 heavy (non-hydrogen) atoms. The van der Waals surface area contributed by atoms with E-state index in [1.54, 1.807) is 4.90 Å². The number of aromatic nitrogens is 2. The van der Waals surface area contributed by atoms with Gasteiger partial charge in [0.2, 0.25) is 0 Å². The molecule has 0 bridgehead atoms. The lowest BCUT2D eigenvalue weighted by Crippen LogP contribution is -2.56. The van der Waals surface area contributed by atoms with Gasteiger partial charge < -0.3 is 29.3 Å². The number of amides is 2. The Bertz CT molecular complexity index is 1140. The third kappa shape index (κ3) is 5.69. The second-order valence-corrected chi connectivity index (χ2v) is 12.1. The van der Waals surface area contributed by atoms with Gasteiger partial charge in [-0.15, -0.1) is 0 Å². The molecule has 0 unspecified atom stereocenters. The molecule has 5 rings (SSSR count). The van der Waals surface area contributed by atoms with Crippen molar-refractivity contribution in [2.45, 2.75) is 83.0 Å². The van der Waals surface area contributed by atoms with Crippen molar-refractivity contribution in [2.24, 2.45) is 0 Å². The number of ether oxygens (including phenoxy) is 2. The van der Waals surface area contributed by atoms with Crippen molar-refractivity contribution in [1.82, 2.24) is 24.7 Å². The van der Waals surface area contributed by atoms with Crippen molar-refractivity contribution in [3.63, 3.8) is 0 Å². The van der Waals surface area contributed by atoms with Crippen LogP contribution in [-0.2, 0) is 17.7 Å². The summed E-state index contributed by atoms with van der Waals surface area (Å²) in [5.41, 5.74) is 0.960. The zero-order valence-corrected chi connectivity index (χ0v) is 23.2. The molecule has 3 fully saturated rings. The molecule has 12 nitrogen and oxygen atoms in total. The second kappa shape index (κ2) is 10.7. The molecule has 1 atom stereocenters. The second-order valence-electron chi connectivity index (χ2n) is 12.1. The Kier molecular flexibility index (Phi) is 7.46. The number of nitriles is 1. The van der Waals surface area contributed by atoms with Crippen LogP contribution in [0.5, 0.6) is 6.01 Å². The van der Waals surface area contributed by atoms with Gasteiger partial charge in [0.05, 0.1) is 36.3 Å². The van der Waals surface area contributed by atoms with Crippen molar-refractivity contribution in [3.8, 4) is 12.1 Å². The van der Waals surface area contributed by atoms with Gasteiger partial charge in [0.15, 0.2) is 0 Å². The Labute approximate surface area is 229 Å². The topological polar surface area (TPSA) is 135 Å². The van der Waals surface area contributed by atoms with Gasteiger partial charge >= 0.3 is 18.2 Å². The molecule has 0 spiro atoms. The highest BCUT2D eigenvalue weighted by Crippen LogP contribution is 2.39. The highest BCUT2D eigenvalue weighted by molar-refractivity contribution is 5.69. The van der Waals surface area contributed by atoms with E-state index < -0.39 is 17.8 Å². The number of rotatable bonds is 5. The van der Waals surface area contributed by atoms with E-state index in [-0.39, 0.29) is 30.6 Å². The van der Waals surface area contributed by atoms with E-state index in [0.29, 0.717) is 50.7 Å². The molecule has 1 N–H and O–H groups in total. The minimum absolute atomic E-state index is 0.0312. The zero-order valence-electron chi connectivity index (χ0n) is 23.2. The van der Waals surface area contributed by atoms with E-state index in [4.69, 9.17) is 19.4 Å². The average molecular weight is 542 g/mol. The lowest BCUT2D eigenvalue weighted by atomic mass is 9.95. The zero-order chi connectivity index (χ0) is 27.8. The van der Waals surface area contributed by atoms with Gasteiger partial charge in [0, 0.05) is 31.7 Å². The van der Waals surface area contributed by atoms with Crippen LogP contribution in [0.25, 0.3) is 0 Å². The van der Waals surface area contributed by atoms with E-state index >= 15 is 0 Å². The highest BCUT2D eigenvalue weighted by atomic mass is 16.6. The first-order chi connectivity index (χ1) is 18.6. The van der Waals surface area contributed by atoms with Gasteiger partial charge in [-0.05, 0) is 66.0 Å². The maximum Gasteiger partial charge on any atom is 0.410 e. The van der Waals surface area contributed by atoms with Crippen LogP contribution in [0, 0.1) is 11.3 Å². The third-order valence-electron chi connectivity index (χ3n) is 8.31. The molecule has 0 aromatic carbocycles. The number of hydrogen-bond donors (Lipinski definition) is 1. The van der Waals surface area contributed by atoms with E-state index in [0.717, 1.165) is 44.3 Å². The van der Waals surface area contributed by atoms with Crippen LogP contribution in [0.1, 0.15) is 64.1 Å². The average Bonchev–Trinajstić information content (AvgIpc) is 3.46. The van der Waals surface area contributed by atoms with Crippen molar-refractivity contribution in [3.05, 3.63) is 11.3 Å². The number of carbonyl (C=O) groups excluding carboxylic acids is 1. The quantitative estimate of drug-likeness (QED) is 0.593. The van der Waals surface area contributed by atoms with Crippen LogP contribution in [-0.4, -0.2) is 105 Å². The molecule has 4 aliphatic heterocycles. The van der Waals surface area contributed by atoms with Crippen LogP contribution >= 0.6 is 0 Å². The molecule has 0 radical (unpaired) electrons. The van der Waals surface area contributed by atoms with Crippen molar-refractivity contribution < 1.29 is 24.2 Å². The lowest BCUT2D eigenvalue weighted by molar-refractivity contribution is 0.0144. The highest BCUT2D eigenvalue weighted by Gasteiger charge is 2.45. The largest absolute Gasteiger partial charge is 0.465 e. The van der Waals surface area contributed by atoms with Crippen LogP contribution in [0.3, 0.4) is 0 Å². The maximum absolute atomic E-state index is 12.9. The molecule has 1 aromatic rings. The van der Waals surface area contributed by atoms with Gasteiger partial charge in [-0.1, -0.05) is 0 Å². The summed E-state index contributed by atoms with van der Waals surface area (Å²) in [6, 6.07) is 2.11. The van der Waals surface area contributed by atoms with Crippen LogP contribution < -0.4 is 9.64 Å². The fraction of sp³-hybridized carbons (Fsp3) is 0.741. The number of piperazine rings is 1. The first kappa shape index (κ1) is 27.2. The predicted octanol–water partition coefficient (Wildman–Crippen LogP) is 2.86. The Morgan fingerprint density at radius 1 is 1.13 bits per heavy atom. The van der Waals surface area contributed by atoms with Crippen LogP contribution in [0.2, 0.25) is 0 Å². The fourth-order valence-electron chi connectivity index (χ4n) is 6.43. The van der Waals surface area contributed by atoms with Crippen molar-refractivity contribution >= 4 is 18.0 Å². The number of anilines is 1. The normalized spacial score (nSPS) is 22.7. The molecule has 212 valence electrons. The summed E-state index contributed by atoms with van der Waals surface area (Å²) in [5, 5.41) is 19.1. The van der Waals surface area contributed by atoms with E-state index in [1.165, 1.54) is 4.90 Å². The first-order valence-electron chi connectivity index (χ1n) is 14.0. The van der Waals surface area contributed by atoms with Gasteiger partial charge in [-0.3, -0.25) is 4.90 Å². The Balaban J connectivity index is 1.40. The lowest BCUT2D eigenvalue weighted by Gasteiger charge is -2.42. The molecule has 1 aromatic heterocycles. The number of carbonyl (C=O) groups is 2. The maximum atomic E-state index is 12.9. The molecule has 4 aliphatic rings. The summed E-state index contributed by atoms with van der Waals surface area (Å²) >= 11 is 0. The summed E-state index contributed by atoms with van der Waals surface area (Å²) in [6.07, 6.45) is 3.77. The van der Waals surface area contributed by atoms with E-state index in [9.17, 15) is 20.0 Å². The molecule has 5 heterocycles. The Morgan fingerprint density at radius 2 is 1.87 bits per heavy atom. The van der Waals surface area contributed by atoms with E-state index in [1.807, 2.05) is 20.8 Å². The van der Waals surface area contributed by atoms with Gasteiger partial charge in [-0.25, -0.2) is 9.59 Å². The smallest absolute Gasteiger partial charge is 0.410 e. The minimum Gasteiger partial charge on any atom is -0.465 e. The molecule has 0 saturated carbocycles. The van der Waals surface area contributed by atoms with Crippen LogP contribution in [0.4, 0.5) is 15.4 Å². The molecule has 12 heteroatoms. The van der Waals surface area contributed by atoms with Crippen molar-refractivity contribution in [1.29, 1.82) is 5.26 Å². The third-order valence-corrected chi connectivity index (χ3v) is 8.31. The molecule has 3 saturated heterocycles. The van der Waals surface area contributed by atoms with Crippen LogP contribution in [0.15, 0.2) is 0 Å². The SMILES string of the molecule is CC(C)(C)OC(=O)N1CCN(c2nc(OCC34CCCN3CCC4)nc3c2CCN(C(=O)O)C3)C[C@@H]1CC#N. The molecular weight excluding hydrogens is 502 g/mol. The first-order valence-corrected chi connectivity index (χ1v) is 14.0. The summed E-state index contributed by atoms with van der Waals surface area (Å²) in [4.78, 5) is 41.8. The number of carboxylic acid groups (broad SMARTS) is 1. The summed E-state index contributed by atoms with van der Waals surface area (Å²) in [7, 11) is 0. The molecular formula is C27H39N7O5. The minimum atomic E-state index is -0.977.